The molecule has 1 N–H and O–H groups in total. The molecule has 1 aliphatic heterocycles. The molecule has 0 atom stereocenters. The van der Waals surface area contributed by atoms with Crippen LogP contribution in [0.5, 0.6) is 0 Å². The summed E-state index contributed by atoms with van der Waals surface area (Å²) in [5.74, 6) is 0. The van der Waals surface area contributed by atoms with Crippen molar-refractivity contribution in [2.24, 2.45) is 0 Å². The lowest BCUT2D eigenvalue weighted by molar-refractivity contribution is -0.672. The predicted octanol–water partition coefficient (Wildman–Crippen LogP) is 4.87. The molecule has 136 valence electrons. The van der Waals surface area contributed by atoms with Crippen LogP contribution in [0.4, 0.5) is 5.69 Å². The minimum atomic E-state index is 0.0949. The molecule has 0 amide bonds. The van der Waals surface area contributed by atoms with Crippen molar-refractivity contribution in [3.8, 4) is 0 Å². The minimum Gasteiger partial charge on any atom is -0.390 e. The first kappa shape index (κ1) is 18.1. The summed E-state index contributed by atoms with van der Waals surface area (Å²) in [5.41, 5.74) is 3.38. The molecule has 5 heteroatoms. The van der Waals surface area contributed by atoms with Crippen LogP contribution in [0.2, 0.25) is 5.02 Å². The molecule has 0 unspecified atom stereocenters. The molecule has 2 aromatic carbocycles. The first-order valence-electron chi connectivity index (χ1n) is 8.79. The van der Waals surface area contributed by atoms with E-state index in [1.54, 1.807) is 11.8 Å². The van der Waals surface area contributed by atoms with Gasteiger partial charge in [0.1, 0.15) is 6.61 Å². The molecule has 3 aromatic rings. The number of allylic oxidation sites excluding steroid dienone is 2. The molecule has 0 saturated carbocycles. The van der Waals surface area contributed by atoms with Crippen molar-refractivity contribution >= 4 is 46.0 Å². The third-order valence-electron chi connectivity index (χ3n) is 4.64. The Kier molecular flexibility index (Phi) is 5.21. The van der Waals surface area contributed by atoms with Crippen LogP contribution in [-0.2, 0) is 6.54 Å². The highest BCUT2D eigenvalue weighted by Gasteiger charge is 2.20. The SMILES string of the molecule is CN1/C(=C/C=C/c2cc[n+](CCO)c3cc(Cl)ccc23)Sc2ccccc21. The van der Waals surface area contributed by atoms with Crippen molar-refractivity contribution in [3.63, 3.8) is 0 Å². The quantitative estimate of drug-likeness (QED) is 0.638. The number of aliphatic hydroxyl groups is 1. The average Bonchev–Trinajstić information content (AvgIpc) is 2.99. The van der Waals surface area contributed by atoms with Gasteiger partial charge in [-0.1, -0.05) is 47.6 Å². The molecular weight excluding hydrogens is 376 g/mol. The second kappa shape index (κ2) is 7.77. The van der Waals surface area contributed by atoms with Gasteiger partial charge in [-0.25, -0.2) is 0 Å². The van der Waals surface area contributed by atoms with Crippen LogP contribution < -0.4 is 9.47 Å². The van der Waals surface area contributed by atoms with Crippen LogP contribution >= 0.6 is 23.4 Å². The number of hydrogen-bond acceptors (Lipinski definition) is 3. The number of halogens is 1. The van der Waals surface area contributed by atoms with E-state index in [2.05, 4.69) is 60.5 Å². The number of benzene rings is 2. The molecule has 0 bridgehead atoms. The molecule has 1 aliphatic rings. The lowest BCUT2D eigenvalue weighted by Crippen LogP contribution is -2.36. The van der Waals surface area contributed by atoms with Gasteiger partial charge in [-0.2, -0.15) is 4.57 Å². The van der Waals surface area contributed by atoms with Gasteiger partial charge in [0.15, 0.2) is 12.7 Å². The molecule has 4 rings (SSSR count). The van der Waals surface area contributed by atoms with Gasteiger partial charge in [-0.15, -0.1) is 0 Å². The molecule has 0 spiro atoms. The Bertz CT molecular complexity index is 1060. The van der Waals surface area contributed by atoms with E-state index in [9.17, 15) is 5.11 Å². The number of thioether (sulfide) groups is 1. The summed E-state index contributed by atoms with van der Waals surface area (Å²) in [4.78, 5) is 3.49. The zero-order valence-corrected chi connectivity index (χ0v) is 16.5. The number of para-hydroxylation sites is 1. The fourth-order valence-corrected chi connectivity index (χ4v) is 4.50. The van der Waals surface area contributed by atoms with Crippen molar-refractivity contribution in [3.05, 3.63) is 82.5 Å². The molecule has 0 saturated heterocycles. The Balaban J connectivity index is 1.65. The third kappa shape index (κ3) is 3.61. The van der Waals surface area contributed by atoms with Crippen LogP contribution in [0.25, 0.3) is 17.0 Å². The number of aliphatic hydroxyl groups excluding tert-OH is 1. The molecule has 3 nitrogen and oxygen atoms in total. The first-order valence-corrected chi connectivity index (χ1v) is 9.98. The molecule has 0 fully saturated rings. The molecule has 1 aromatic heterocycles. The van der Waals surface area contributed by atoms with E-state index in [1.165, 1.54) is 15.6 Å². The molecule has 0 aliphatic carbocycles. The fourth-order valence-electron chi connectivity index (χ4n) is 3.28. The normalized spacial score (nSPS) is 15.2. The molecule has 0 radical (unpaired) electrons. The minimum absolute atomic E-state index is 0.0949. The average molecular weight is 396 g/mol. The van der Waals surface area contributed by atoms with E-state index in [0.717, 1.165) is 16.5 Å². The van der Waals surface area contributed by atoms with Crippen molar-refractivity contribution in [1.82, 2.24) is 0 Å². The van der Waals surface area contributed by atoms with E-state index >= 15 is 0 Å². The topological polar surface area (TPSA) is 27.4 Å². The van der Waals surface area contributed by atoms with Gasteiger partial charge in [-0.3, -0.25) is 0 Å². The summed E-state index contributed by atoms with van der Waals surface area (Å²) in [6.45, 7) is 0.641. The number of rotatable bonds is 4. The second-order valence-corrected chi connectivity index (χ2v) is 7.84. The Morgan fingerprint density at radius 1 is 1.19 bits per heavy atom. The Morgan fingerprint density at radius 3 is 2.85 bits per heavy atom. The Labute approximate surface area is 168 Å². The van der Waals surface area contributed by atoms with Crippen molar-refractivity contribution in [2.75, 3.05) is 18.6 Å². The standard InChI is InChI=1S/C22H20ClN2OS/c1-24-19-6-2-3-7-21(19)27-22(24)8-4-5-16-11-12-25(13-14-26)20-15-17(23)9-10-18(16)20/h2-12,15,26H,13-14H2,1H3/q+1. The summed E-state index contributed by atoms with van der Waals surface area (Å²) in [5, 5.41) is 12.3. The van der Waals surface area contributed by atoms with Crippen LogP contribution in [0, 0.1) is 0 Å². The lowest BCUT2D eigenvalue weighted by atomic mass is 10.1. The van der Waals surface area contributed by atoms with Crippen LogP contribution in [0.1, 0.15) is 5.56 Å². The van der Waals surface area contributed by atoms with Gasteiger partial charge in [0.2, 0.25) is 5.52 Å². The first-order chi connectivity index (χ1) is 13.2. The predicted molar refractivity (Wildman–Crippen MR) is 114 cm³/mol. The number of nitrogens with zero attached hydrogens (tertiary/aromatic N) is 2. The molecule has 27 heavy (non-hydrogen) atoms. The summed E-state index contributed by atoms with van der Waals surface area (Å²) in [7, 11) is 2.09. The van der Waals surface area contributed by atoms with Gasteiger partial charge in [0, 0.05) is 29.1 Å². The van der Waals surface area contributed by atoms with Gasteiger partial charge in [0.05, 0.1) is 16.1 Å². The largest absolute Gasteiger partial charge is 0.390 e. The van der Waals surface area contributed by atoms with Crippen LogP contribution in [-0.4, -0.2) is 18.8 Å². The van der Waals surface area contributed by atoms with Gasteiger partial charge >= 0.3 is 0 Å². The summed E-state index contributed by atoms with van der Waals surface area (Å²) in [6.07, 6.45) is 8.34. The highest BCUT2D eigenvalue weighted by atomic mass is 35.5. The van der Waals surface area contributed by atoms with E-state index in [4.69, 9.17) is 11.6 Å². The number of fused-ring (bicyclic) bond motifs is 2. The smallest absolute Gasteiger partial charge is 0.214 e. The Hall–Kier alpha value is -2.27. The molecular formula is C22H20ClN2OS+. The second-order valence-electron chi connectivity index (χ2n) is 6.34. The molecule has 2 heterocycles. The van der Waals surface area contributed by atoms with Crippen molar-refractivity contribution in [1.29, 1.82) is 0 Å². The van der Waals surface area contributed by atoms with Gasteiger partial charge in [-0.05, 0) is 35.9 Å². The van der Waals surface area contributed by atoms with E-state index in [-0.39, 0.29) is 6.61 Å². The lowest BCUT2D eigenvalue weighted by Gasteiger charge is -2.12. The zero-order chi connectivity index (χ0) is 18.8. The van der Waals surface area contributed by atoms with E-state index < -0.39 is 0 Å². The number of aromatic nitrogens is 1. The van der Waals surface area contributed by atoms with Gasteiger partial charge in [0.25, 0.3) is 0 Å². The zero-order valence-electron chi connectivity index (χ0n) is 15.0. The van der Waals surface area contributed by atoms with E-state index in [0.29, 0.717) is 11.6 Å². The summed E-state index contributed by atoms with van der Waals surface area (Å²) >= 11 is 7.96. The van der Waals surface area contributed by atoms with Crippen molar-refractivity contribution in [2.45, 2.75) is 11.4 Å². The maximum Gasteiger partial charge on any atom is 0.214 e. The monoisotopic (exact) mass is 395 g/mol. The maximum atomic E-state index is 9.30. The summed E-state index contributed by atoms with van der Waals surface area (Å²) in [6, 6.07) is 16.4. The summed E-state index contributed by atoms with van der Waals surface area (Å²) < 4.78 is 2.02. The van der Waals surface area contributed by atoms with Crippen LogP contribution in [0.3, 0.4) is 0 Å². The Morgan fingerprint density at radius 2 is 2.04 bits per heavy atom. The maximum absolute atomic E-state index is 9.30. The van der Waals surface area contributed by atoms with Crippen LogP contribution in [0.15, 0.2) is 76.8 Å². The van der Waals surface area contributed by atoms with E-state index in [1.807, 2.05) is 29.0 Å². The number of pyridine rings is 1. The number of hydrogen-bond donors (Lipinski definition) is 1. The highest BCUT2D eigenvalue weighted by Crippen LogP contribution is 2.44. The number of anilines is 1. The third-order valence-corrected chi connectivity index (χ3v) is 6.06. The van der Waals surface area contributed by atoms with Crippen molar-refractivity contribution < 1.29 is 9.67 Å². The fraction of sp³-hybridized carbons (Fsp3) is 0.136. The van der Waals surface area contributed by atoms with Gasteiger partial charge < -0.3 is 10.0 Å². The highest BCUT2D eigenvalue weighted by molar-refractivity contribution is 8.03.